The van der Waals surface area contributed by atoms with Crippen molar-refractivity contribution in [1.29, 1.82) is 0 Å². The summed E-state index contributed by atoms with van der Waals surface area (Å²) in [5.41, 5.74) is 4.94. The predicted octanol–water partition coefficient (Wildman–Crippen LogP) is -0.771. The van der Waals surface area contributed by atoms with Gasteiger partial charge in [0, 0.05) is 6.54 Å². The number of urea groups is 1. The van der Waals surface area contributed by atoms with Crippen molar-refractivity contribution in [3.8, 4) is 0 Å². The summed E-state index contributed by atoms with van der Waals surface area (Å²) in [6.07, 6.45) is 0.202. The smallest absolute Gasteiger partial charge is 0.321 e. The Labute approximate surface area is 74.6 Å². The van der Waals surface area contributed by atoms with E-state index in [4.69, 9.17) is 5.73 Å². The quantitative estimate of drug-likeness (QED) is 0.573. The molecule has 1 saturated heterocycles. The van der Waals surface area contributed by atoms with E-state index in [1.54, 1.807) is 0 Å². The lowest BCUT2D eigenvalue weighted by molar-refractivity contribution is -0.152. The first kappa shape index (κ1) is 9.50. The molecule has 72 valence electrons. The number of carbonyl (C=O) groups excluding carboxylic acids is 3. The zero-order valence-electron chi connectivity index (χ0n) is 6.93. The molecule has 6 heteroatoms. The van der Waals surface area contributed by atoms with Crippen molar-refractivity contribution >= 4 is 18.4 Å². The Morgan fingerprint density at radius 3 is 2.92 bits per heavy atom. The zero-order valence-corrected chi connectivity index (χ0v) is 6.93. The standard InChI is InChI=1S/C7H10N2O4/c8-7(12)9-3-1-2-5(6(9)11)13-4-10/h4-5H,1-3H2,(H2,8,12). The highest BCUT2D eigenvalue weighted by Crippen LogP contribution is 2.13. The number of rotatable bonds is 2. The molecule has 3 amide bonds. The van der Waals surface area contributed by atoms with E-state index in [9.17, 15) is 14.4 Å². The Balaban J connectivity index is 2.65. The average molecular weight is 186 g/mol. The highest BCUT2D eigenvalue weighted by atomic mass is 16.5. The lowest BCUT2D eigenvalue weighted by Gasteiger charge is -2.27. The number of ether oxygens (including phenoxy) is 1. The summed E-state index contributed by atoms with van der Waals surface area (Å²) < 4.78 is 4.50. The van der Waals surface area contributed by atoms with E-state index in [-0.39, 0.29) is 6.47 Å². The number of nitrogens with zero attached hydrogens (tertiary/aromatic N) is 1. The Bertz CT molecular complexity index is 241. The number of primary amides is 1. The number of nitrogens with two attached hydrogens (primary N) is 1. The van der Waals surface area contributed by atoms with E-state index in [0.717, 1.165) is 4.90 Å². The predicted molar refractivity (Wildman–Crippen MR) is 41.5 cm³/mol. The molecule has 13 heavy (non-hydrogen) atoms. The van der Waals surface area contributed by atoms with Crippen molar-refractivity contribution in [2.24, 2.45) is 5.73 Å². The van der Waals surface area contributed by atoms with Gasteiger partial charge in [0.15, 0.2) is 6.10 Å². The normalized spacial score (nSPS) is 22.6. The van der Waals surface area contributed by atoms with Gasteiger partial charge in [0.25, 0.3) is 12.4 Å². The molecule has 1 rings (SSSR count). The topological polar surface area (TPSA) is 89.7 Å². The maximum atomic E-state index is 11.3. The van der Waals surface area contributed by atoms with E-state index in [1.165, 1.54) is 0 Å². The molecule has 0 aromatic heterocycles. The van der Waals surface area contributed by atoms with Crippen LogP contribution in [0.4, 0.5) is 4.79 Å². The number of amides is 3. The van der Waals surface area contributed by atoms with Crippen molar-refractivity contribution in [2.45, 2.75) is 18.9 Å². The van der Waals surface area contributed by atoms with E-state index < -0.39 is 18.0 Å². The second-order valence-electron chi connectivity index (χ2n) is 2.69. The number of hydrogen-bond donors (Lipinski definition) is 1. The second-order valence-corrected chi connectivity index (χ2v) is 2.69. The van der Waals surface area contributed by atoms with Crippen molar-refractivity contribution < 1.29 is 19.1 Å². The average Bonchev–Trinajstić information content (AvgIpc) is 2.08. The lowest BCUT2D eigenvalue weighted by atomic mass is 10.1. The van der Waals surface area contributed by atoms with Gasteiger partial charge in [-0.05, 0) is 12.8 Å². The summed E-state index contributed by atoms with van der Waals surface area (Å²) in [5, 5.41) is 0. The van der Waals surface area contributed by atoms with Crippen LogP contribution in [0.15, 0.2) is 0 Å². The number of carbonyl (C=O) groups is 3. The monoisotopic (exact) mass is 186 g/mol. The Kier molecular flexibility index (Phi) is 2.84. The molecule has 1 unspecified atom stereocenters. The van der Waals surface area contributed by atoms with Crippen LogP contribution < -0.4 is 5.73 Å². The van der Waals surface area contributed by atoms with Gasteiger partial charge in [-0.25, -0.2) is 4.79 Å². The van der Waals surface area contributed by atoms with Crippen molar-refractivity contribution in [2.75, 3.05) is 6.54 Å². The first-order chi connectivity index (χ1) is 6.16. The van der Waals surface area contributed by atoms with Gasteiger partial charge in [-0.15, -0.1) is 0 Å². The minimum Gasteiger partial charge on any atom is -0.454 e. The first-order valence-corrected chi connectivity index (χ1v) is 3.86. The molecule has 0 aliphatic carbocycles. The number of imide groups is 1. The van der Waals surface area contributed by atoms with E-state index in [1.807, 2.05) is 0 Å². The van der Waals surface area contributed by atoms with Crippen LogP contribution in [0.2, 0.25) is 0 Å². The van der Waals surface area contributed by atoms with Crippen molar-refractivity contribution in [3.05, 3.63) is 0 Å². The third-order valence-corrected chi connectivity index (χ3v) is 1.88. The van der Waals surface area contributed by atoms with E-state index >= 15 is 0 Å². The summed E-state index contributed by atoms with van der Waals surface area (Å²) in [6.45, 7) is 0.500. The van der Waals surface area contributed by atoms with Crippen molar-refractivity contribution in [3.63, 3.8) is 0 Å². The Morgan fingerprint density at radius 2 is 2.38 bits per heavy atom. The van der Waals surface area contributed by atoms with E-state index in [0.29, 0.717) is 19.4 Å². The minimum absolute atomic E-state index is 0.201. The summed E-state index contributed by atoms with van der Waals surface area (Å²) in [6, 6.07) is -0.802. The number of piperidine rings is 1. The summed E-state index contributed by atoms with van der Waals surface area (Å²) >= 11 is 0. The Hall–Kier alpha value is -1.59. The molecule has 1 heterocycles. The molecular weight excluding hydrogens is 176 g/mol. The summed E-state index contributed by atoms with van der Waals surface area (Å²) in [4.78, 5) is 32.9. The highest BCUT2D eigenvalue weighted by Gasteiger charge is 2.32. The molecule has 1 fully saturated rings. The van der Waals surface area contributed by atoms with Crippen LogP contribution in [0.5, 0.6) is 0 Å². The van der Waals surface area contributed by atoms with Crippen LogP contribution in [0.3, 0.4) is 0 Å². The van der Waals surface area contributed by atoms with Gasteiger partial charge in [-0.3, -0.25) is 14.5 Å². The lowest BCUT2D eigenvalue weighted by Crippen LogP contribution is -2.50. The molecule has 0 saturated carbocycles. The SMILES string of the molecule is NC(=O)N1CCCC(OC=O)C1=O. The maximum Gasteiger partial charge on any atom is 0.321 e. The van der Waals surface area contributed by atoms with Gasteiger partial charge in [0.05, 0.1) is 0 Å². The molecule has 6 nitrogen and oxygen atoms in total. The fraction of sp³-hybridized carbons (Fsp3) is 0.571. The summed E-state index contributed by atoms with van der Waals surface area (Å²) in [7, 11) is 0. The van der Waals surface area contributed by atoms with Gasteiger partial charge in [-0.1, -0.05) is 0 Å². The molecular formula is C7H10N2O4. The molecule has 0 bridgehead atoms. The molecule has 0 spiro atoms. The van der Waals surface area contributed by atoms with E-state index in [2.05, 4.69) is 4.74 Å². The molecule has 0 aromatic rings. The van der Waals surface area contributed by atoms with Gasteiger partial charge in [0.2, 0.25) is 0 Å². The fourth-order valence-corrected chi connectivity index (χ4v) is 1.25. The van der Waals surface area contributed by atoms with Gasteiger partial charge >= 0.3 is 6.03 Å². The van der Waals surface area contributed by atoms with Gasteiger partial charge < -0.3 is 10.5 Å². The van der Waals surface area contributed by atoms with Crippen LogP contribution in [0.1, 0.15) is 12.8 Å². The van der Waals surface area contributed by atoms with Gasteiger partial charge in [0.1, 0.15) is 0 Å². The minimum atomic E-state index is -0.848. The number of hydrogen-bond acceptors (Lipinski definition) is 4. The molecule has 1 aliphatic rings. The molecule has 1 atom stereocenters. The van der Waals surface area contributed by atoms with Crippen LogP contribution in [0, 0.1) is 0 Å². The molecule has 0 aromatic carbocycles. The summed E-state index contributed by atoms with van der Waals surface area (Å²) in [5.74, 6) is -0.536. The zero-order chi connectivity index (χ0) is 9.84. The third kappa shape index (κ3) is 1.95. The number of likely N-dealkylation sites (tertiary alicyclic amines) is 1. The molecule has 1 aliphatic heterocycles. The van der Waals surface area contributed by atoms with Crippen LogP contribution in [-0.4, -0.2) is 36.0 Å². The Morgan fingerprint density at radius 1 is 1.69 bits per heavy atom. The second kappa shape index (κ2) is 3.88. The molecule has 0 radical (unpaired) electrons. The third-order valence-electron chi connectivity index (χ3n) is 1.88. The fourth-order valence-electron chi connectivity index (χ4n) is 1.25. The van der Waals surface area contributed by atoms with Crippen LogP contribution in [0.25, 0.3) is 0 Å². The van der Waals surface area contributed by atoms with Crippen molar-refractivity contribution in [1.82, 2.24) is 4.90 Å². The van der Waals surface area contributed by atoms with Gasteiger partial charge in [-0.2, -0.15) is 0 Å². The highest BCUT2D eigenvalue weighted by molar-refractivity contribution is 5.96. The van der Waals surface area contributed by atoms with Crippen LogP contribution in [-0.2, 0) is 14.3 Å². The first-order valence-electron chi connectivity index (χ1n) is 3.86. The maximum absolute atomic E-state index is 11.3. The molecule has 2 N–H and O–H groups in total. The van der Waals surface area contributed by atoms with Crippen LogP contribution >= 0.6 is 0 Å². The largest absolute Gasteiger partial charge is 0.454 e.